The maximum atomic E-state index is 11.5. The van der Waals surface area contributed by atoms with Crippen molar-refractivity contribution in [2.24, 2.45) is 0 Å². The second-order valence-corrected chi connectivity index (χ2v) is 4.92. The summed E-state index contributed by atoms with van der Waals surface area (Å²) in [7, 11) is 0. The van der Waals surface area contributed by atoms with Gasteiger partial charge in [-0.25, -0.2) is 0 Å². The number of carbonyl (C=O) groups excluding carboxylic acids is 1. The second kappa shape index (κ2) is 6.83. The molecule has 1 atom stereocenters. The van der Waals surface area contributed by atoms with Crippen LogP contribution < -0.4 is 5.32 Å². The highest BCUT2D eigenvalue weighted by Gasteiger charge is 2.20. The van der Waals surface area contributed by atoms with Crippen LogP contribution in [0.15, 0.2) is 0 Å². The van der Waals surface area contributed by atoms with Gasteiger partial charge in [0.15, 0.2) is 0 Å². The van der Waals surface area contributed by atoms with E-state index in [4.69, 9.17) is 4.74 Å². The highest BCUT2D eigenvalue weighted by Crippen LogP contribution is 2.08. The molecule has 0 aliphatic carbocycles. The summed E-state index contributed by atoms with van der Waals surface area (Å²) in [5.41, 5.74) is -0.392. The number of rotatable bonds is 6. The molecular formula is C12H25NO2. The molecule has 0 fully saturated rings. The summed E-state index contributed by atoms with van der Waals surface area (Å²) in [6.07, 6.45) is 3.51. The Hall–Kier alpha value is -0.570. The number of nitrogens with one attached hydrogen (secondary N) is 1. The van der Waals surface area contributed by atoms with Crippen LogP contribution >= 0.6 is 0 Å². The quantitative estimate of drug-likeness (QED) is 0.546. The topological polar surface area (TPSA) is 38.3 Å². The fourth-order valence-electron chi connectivity index (χ4n) is 1.17. The molecule has 0 aliphatic rings. The van der Waals surface area contributed by atoms with Gasteiger partial charge in [-0.15, -0.1) is 0 Å². The van der Waals surface area contributed by atoms with Crippen molar-refractivity contribution < 1.29 is 9.53 Å². The molecule has 0 saturated heterocycles. The minimum Gasteiger partial charge on any atom is -0.459 e. The van der Waals surface area contributed by atoms with Gasteiger partial charge in [0.1, 0.15) is 11.6 Å². The van der Waals surface area contributed by atoms with Gasteiger partial charge in [0.2, 0.25) is 0 Å². The van der Waals surface area contributed by atoms with Crippen molar-refractivity contribution in [3.05, 3.63) is 0 Å². The van der Waals surface area contributed by atoms with Crippen molar-refractivity contribution in [2.75, 3.05) is 6.54 Å². The molecule has 0 aromatic heterocycles. The van der Waals surface area contributed by atoms with Crippen molar-refractivity contribution in [2.45, 2.75) is 65.5 Å². The van der Waals surface area contributed by atoms with E-state index in [1.165, 1.54) is 12.8 Å². The molecule has 90 valence electrons. The average Bonchev–Trinajstić information content (AvgIpc) is 2.09. The number of hydrogen-bond acceptors (Lipinski definition) is 3. The van der Waals surface area contributed by atoms with Crippen LogP contribution in [0, 0.1) is 0 Å². The maximum absolute atomic E-state index is 11.5. The standard InChI is InChI=1S/C12H25NO2/c1-6-7-8-9-13-10(2)11(14)15-12(3,4)5/h10,13H,6-9H2,1-5H3. The van der Waals surface area contributed by atoms with E-state index in [0.717, 1.165) is 13.0 Å². The molecular weight excluding hydrogens is 190 g/mol. The fraction of sp³-hybridized carbons (Fsp3) is 0.917. The van der Waals surface area contributed by atoms with Gasteiger partial charge in [0, 0.05) is 0 Å². The average molecular weight is 215 g/mol. The Bertz CT molecular complexity index is 185. The molecule has 0 spiro atoms. The first-order valence-corrected chi connectivity index (χ1v) is 5.83. The van der Waals surface area contributed by atoms with E-state index in [1.54, 1.807) is 0 Å². The molecule has 1 N–H and O–H groups in total. The third-order valence-electron chi connectivity index (χ3n) is 1.99. The number of hydrogen-bond donors (Lipinski definition) is 1. The monoisotopic (exact) mass is 215 g/mol. The van der Waals surface area contributed by atoms with Crippen LogP contribution in [0.2, 0.25) is 0 Å². The first kappa shape index (κ1) is 14.4. The zero-order valence-electron chi connectivity index (χ0n) is 10.7. The Morgan fingerprint density at radius 1 is 1.33 bits per heavy atom. The second-order valence-electron chi connectivity index (χ2n) is 4.92. The minimum absolute atomic E-state index is 0.168. The van der Waals surface area contributed by atoms with Gasteiger partial charge < -0.3 is 10.1 Å². The Morgan fingerprint density at radius 2 is 1.93 bits per heavy atom. The number of ether oxygens (including phenoxy) is 1. The molecule has 15 heavy (non-hydrogen) atoms. The smallest absolute Gasteiger partial charge is 0.323 e. The summed E-state index contributed by atoms with van der Waals surface area (Å²) in [4.78, 5) is 11.5. The lowest BCUT2D eigenvalue weighted by atomic mass is 10.2. The third-order valence-corrected chi connectivity index (χ3v) is 1.99. The summed E-state index contributed by atoms with van der Waals surface area (Å²) < 4.78 is 5.26. The third kappa shape index (κ3) is 8.43. The van der Waals surface area contributed by atoms with Gasteiger partial charge in [0.05, 0.1) is 0 Å². The summed E-state index contributed by atoms with van der Waals surface area (Å²) in [6.45, 7) is 10.5. The molecule has 0 heterocycles. The van der Waals surface area contributed by atoms with E-state index < -0.39 is 5.60 Å². The molecule has 0 aliphatic heterocycles. The SMILES string of the molecule is CCCCCNC(C)C(=O)OC(C)(C)C. The Labute approximate surface area is 93.6 Å². The van der Waals surface area contributed by atoms with Crippen LogP contribution in [0.4, 0.5) is 0 Å². The Balaban J connectivity index is 3.70. The van der Waals surface area contributed by atoms with Gasteiger partial charge in [-0.3, -0.25) is 4.79 Å². The highest BCUT2D eigenvalue weighted by molar-refractivity contribution is 5.75. The van der Waals surface area contributed by atoms with Crippen molar-refractivity contribution in [1.29, 1.82) is 0 Å². The fourth-order valence-corrected chi connectivity index (χ4v) is 1.17. The summed E-state index contributed by atoms with van der Waals surface area (Å²) in [5.74, 6) is -0.168. The molecule has 3 heteroatoms. The number of carbonyl (C=O) groups is 1. The van der Waals surface area contributed by atoms with Gasteiger partial charge in [0.25, 0.3) is 0 Å². The van der Waals surface area contributed by atoms with Gasteiger partial charge >= 0.3 is 5.97 Å². The number of unbranched alkanes of at least 4 members (excludes halogenated alkanes) is 2. The molecule has 3 nitrogen and oxygen atoms in total. The van der Waals surface area contributed by atoms with Crippen LogP contribution in [0.1, 0.15) is 53.9 Å². The van der Waals surface area contributed by atoms with E-state index in [1.807, 2.05) is 27.7 Å². The first-order chi connectivity index (χ1) is 6.87. The van der Waals surface area contributed by atoms with Crippen LogP contribution in [-0.2, 0) is 9.53 Å². The van der Waals surface area contributed by atoms with E-state index in [-0.39, 0.29) is 12.0 Å². The van der Waals surface area contributed by atoms with Crippen LogP contribution in [0.3, 0.4) is 0 Å². The first-order valence-electron chi connectivity index (χ1n) is 5.83. The van der Waals surface area contributed by atoms with Crippen LogP contribution in [-0.4, -0.2) is 24.2 Å². The van der Waals surface area contributed by atoms with Crippen molar-refractivity contribution in [3.63, 3.8) is 0 Å². The minimum atomic E-state index is -0.392. The summed E-state index contributed by atoms with van der Waals surface area (Å²) >= 11 is 0. The highest BCUT2D eigenvalue weighted by atomic mass is 16.6. The summed E-state index contributed by atoms with van der Waals surface area (Å²) in [5, 5.41) is 3.17. The van der Waals surface area contributed by atoms with Crippen LogP contribution in [0.5, 0.6) is 0 Å². The normalized spacial score (nSPS) is 13.7. The largest absolute Gasteiger partial charge is 0.459 e. The van der Waals surface area contributed by atoms with E-state index in [0.29, 0.717) is 0 Å². The molecule has 0 aromatic carbocycles. The zero-order chi connectivity index (χ0) is 11.9. The molecule has 0 rings (SSSR count). The molecule has 0 bridgehead atoms. The van der Waals surface area contributed by atoms with Gasteiger partial charge in [-0.1, -0.05) is 19.8 Å². The van der Waals surface area contributed by atoms with E-state index in [9.17, 15) is 4.79 Å². The maximum Gasteiger partial charge on any atom is 0.323 e. The lowest BCUT2D eigenvalue weighted by Crippen LogP contribution is -2.39. The van der Waals surface area contributed by atoms with E-state index >= 15 is 0 Å². The van der Waals surface area contributed by atoms with Gasteiger partial charge in [-0.05, 0) is 40.7 Å². The Kier molecular flexibility index (Phi) is 6.57. The molecule has 0 radical (unpaired) electrons. The zero-order valence-corrected chi connectivity index (χ0v) is 10.7. The van der Waals surface area contributed by atoms with Crippen molar-refractivity contribution in [3.8, 4) is 0 Å². The lowest BCUT2D eigenvalue weighted by Gasteiger charge is -2.22. The predicted molar refractivity (Wildman–Crippen MR) is 62.8 cm³/mol. The van der Waals surface area contributed by atoms with E-state index in [2.05, 4.69) is 12.2 Å². The number of esters is 1. The van der Waals surface area contributed by atoms with Gasteiger partial charge in [-0.2, -0.15) is 0 Å². The summed E-state index contributed by atoms with van der Waals surface area (Å²) in [6, 6.07) is -0.207. The molecule has 0 amide bonds. The molecule has 1 unspecified atom stereocenters. The van der Waals surface area contributed by atoms with Crippen molar-refractivity contribution in [1.82, 2.24) is 5.32 Å². The Morgan fingerprint density at radius 3 is 2.40 bits per heavy atom. The van der Waals surface area contributed by atoms with Crippen molar-refractivity contribution >= 4 is 5.97 Å². The predicted octanol–water partition coefficient (Wildman–Crippen LogP) is 2.50. The molecule has 0 saturated carbocycles. The molecule has 0 aromatic rings. The van der Waals surface area contributed by atoms with Crippen LogP contribution in [0.25, 0.3) is 0 Å². The lowest BCUT2D eigenvalue weighted by molar-refractivity contribution is -0.156.